The van der Waals surface area contributed by atoms with Crippen molar-refractivity contribution < 1.29 is 14.3 Å². The van der Waals surface area contributed by atoms with Gasteiger partial charge in [-0.15, -0.1) is 0 Å². The van der Waals surface area contributed by atoms with Crippen molar-refractivity contribution in [2.45, 2.75) is 38.2 Å². The van der Waals surface area contributed by atoms with Crippen LogP contribution in [-0.4, -0.2) is 44.3 Å². The maximum atomic E-state index is 13.1. The Labute approximate surface area is 203 Å². The fourth-order valence-electron chi connectivity index (χ4n) is 4.20. The standard InChI is InChI=1S/C24H28Cl2N4O3/c25-19-7-4-8-20(22(19)26)29-24(32)28-16-9-10-21(30-11-2-1-3-12-30)18(14-16)23(31)27-15-17-6-5-13-33-17/h4,7-10,14,17H,1-3,5-6,11-13,15H2,(H,27,31)(H2,28,29,32). The lowest BCUT2D eigenvalue weighted by Crippen LogP contribution is -2.35. The number of urea groups is 1. The van der Waals surface area contributed by atoms with Gasteiger partial charge >= 0.3 is 6.03 Å². The smallest absolute Gasteiger partial charge is 0.323 e. The van der Waals surface area contributed by atoms with Gasteiger partial charge in [-0.1, -0.05) is 29.3 Å². The molecule has 2 aromatic carbocycles. The number of carbonyl (C=O) groups is 2. The fourth-order valence-corrected chi connectivity index (χ4v) is 4.55. The maximum Gasteiger partial charge on any atom is 0.323 e. The van der Waals surface area contributed by atoms with Gasteiger partial charge in [-0.25, -0.2) is 4.79 Å². The molecule has 2 aliphatic heterocycles. The van der Waals surface area contributed by atoms with E-state index in [1.807, 2.05) is 6.07 Å². The molecule has 0 saturated carbocycles. The highest BCUT2D eigenvalue weighted by atomic mass is 35.5. The minimum atomic E-state index is -0.476. The molecule has 1 atom stereocenters. The lowest BCUT2D eigenvalue weighted by atomic mass is 10.1. The van der Waals surface area contributed by atoms with Crippen LogP contribution in [0.15, 0.2) is 36.4 Å². The second-order valence-electron chi connectivity index (χ2n) is 8.31. The van der Waals surface area contributed by atoms with Crippen LogP contribution >= 0.6 is 23.2 Å². The van der Waals surface area contributed by atoms with Gasteiger partial charge in [-0.3, -0.25) is 4.79 Å². The van der Waals surface area contributed by atoms with E-state index < -0.39 is 6.03 Å². The van der Waals surface area contributed by atoms with Crippen LogP contribution in [0.4, 0.5) is 21.9 Å². The molecule has 176 valence electrons. The van der Waals surface area contributed by atoms with Gasteiger partial charge in [0.15, 0.2) is 0 Å². The molecule has 0 spiro atoms. The van der Waals surface area contributed by atoms with Gasteiger partial charge in [0.1, 0.15) is 0 Å². The quantitative estimate of drug-likeness (QED) is 0.496. The van der Waals surface area contributed by atoms with E-state index >= 15 is 0 Å². The van der Waals surface area contributed by atoms with Crippen molar-refractivity contribution in [3.63, 3.8) is 0 Å². The van der Waals surface area contributed by atoms with E-state index in [0.717, 1.165) is 51.1 Å². The van der Waals surface area contributed by atoms with Crippen LogP contribution in [0.5, 0.6) is 0 Å². The second kappa shape index (κ2) is 11.1. The average molecular weight is 491 g/mol. The van der Waals surface area contributed by atoms with E-state index in [0.29, 0.717) is 28.5 Å². The topological polar surface area (TPSA) is 82.7 Å². The molecule has 3 N–H and O–H groups in total. The summed E-state index contributed by atoms with van der Waals surface area (Å²) in [7, 11) is 0. The highest BCUT2D eigenvalue weighted by Gasteiger charge is 2.22. The van der Waals surface area contributed by atoms with Crippen molar-refractivity contribution >= 4 is 52.2 Å². The number of nitrogens with one attached hydrogen (secondary N) is 3. The third-order valence-electron chi connectivity index (χ3n) is 5.91. The highest BCUT2D eigenvalue weighted by Crippen LogP contribution is 2.30. The van der Waals surface area contributed by atoms with Crippen LogP contribution < -0.4 is 20.9 Å². The van der Waals surface area contributed by atoms with E-state index in [1.54, 1.807) is 30.3 Å². The number of hydrogen-bond donors (Lipinski definition) is 3. The monoisotopic (exact) mass is 490 g/mol. The molecule has 2 heterocycles. The SMILES string of the molecule is O=C(Nc1ccc(N2CCCCC2)c(C(=O)NCC2CCCO2)c1)Nc1cccc(Cl)c1Cl. The Balaban J connectivity index is 1.50. The number of benzene rings is 2. The van der Waals surface area contributed by atoms with Crippen molar-refractivity contribution in [1.82, 2.24) is 5.32 Å². The van der Waals surface area contributed by atoms with Gasteiger partial charge in [0, 0.05) is 37.6 Å². The molecule has 9 heteroatoms. The number of piperidine rings is 1. The number of carbonyl (C=O) groups excluding carboxylic acids is 2. The first kappa shape index (κ1) is 23.7. The lowest BCUT2D eigenvalue weighted by Gasteiger charge is -2.30. The van der Waals surface area contributed by atoms with Crippen LogP contribution in [0.2, 0.25) is 10.0 Å². The fraction of sp³-hybridized carbons (Fsp3) is 0.417. The van der Waals surface area contributed by atoms with E-state index in [-0.39, 0.29) is 17.0 Å². The minimum Gasteiger partial charge on any atom is -0.376 e. The molecule has 2 saturated heterocycles. The average Bonchev–Trinajstić information content (AvgIpc) is 3.35. The zero-order chi connectivity index (χ0) is 23.2. The van der Waals surface area contributed by atoms with Crippen molar-refractivity contribution in [2.75, 3.05) is 41.8 Å². The second-order valence-corrected chi connectivity index (χ2v) is 9.09. The van der Waals surface area contributed by atoms with Gasteiger partial charge < -0.3 is 25.6 Å². The predicted octanol–water partition coefficient (Wildman–Crippen LogP) is 5.54. The summed E-state index contributed by atoms with van der Waals surface area (Å²) in [6, 6.07) is 9.96. The van der Waals surface area contributed by atoms with Gasteiger partial charge in [0.25, 0.3) is 5.91 Å². The largest absolute Gasteiger partial charge is 0.376 e. The molecule has 0 bridgehead atoms. The van der Waals surface area contributed by atoms with Crippen molar-refractivity contribution in [2.24, 2.45) is 0 Å². The Morgan fingerprint density at radius 3 is 2.61 bits per heavy atom. The van der Waals surface area contributed by atoms with Gasteiger partial charge in [0.2, 0.25) is 0 Å². The summed E-state index contributed by atoms with van der Waals surface area (Å²) in [5.41, 5.74) is 2.33. The van der Waals surface area contributed by atoms with E-state index in [4.69, 9.17) is 27.9 Å². The number of anilines is 3. The number of rotatable bonds is 6. The summed E-state index contributed by atoms with van der Waals surface area (Å²) >= 11 is 12.2. The predicted molar refractivity (Wildman–Crippen MR) is 133 cm³/mol. The number of nitrogens with zero attached hydrogens (tertiary/aromatic N) is 1. The van der Waals surface area contributed by atoms with Gasteiger partial charge in [0.05, 0.1) is 27.4 Å². The Kier molecular flexibility index (Phi) is 7.96. The Morgan fingerprint density at radius 2 is 1.85 bits per heavy atom. The number of halogens is 2. The van der Waals surface area contributed by atoms with Crippen molar-refractivity contribution in [1.29, 1.82) is 0 Å². The molecule has 4 rings (SSSR count). The first-order chi connectivity index (χ1) is 16.0. The van der Waals surface area contributed by atoms with E-state index in [9.17, 15) is 9.59 Å². The minimum absolute atomic E-state index is 0.0573. The molecule has 33 heavy (non-hydrogen) atoms. The Morgan fingerprint density at radius 1 is 1.03 bits per heavy atom. The number of amides is 3. The van der Waals surface area contributed by atoms with Gasteiger partial charge in [-0.2, -0.15) is 0 Å². The summed E-state index contributed by atoms with van der Waals surface area (Å²) in [5, 5.41) is 9.10. The molecule has 2 aromatic rings. The third kappa shape index (κ3) is 6.10. The third-order valence-corrected chi connectivity index (χ3v) is 6.73. The summed E-state index contributed by atoms with van der Waals surface area (Å²) in [5.74, 6) is -0.173. The number of hydrogen-bond acceptors (Lipinski definition) is 4. The van der Waals surface area contributed by atoms with E-state index in [2.05, 4.69) is 20.9 Å². The van der Waals surface area contributed by atoms with Crippen LogP contribution in [-0.2, 0) is 4.74 Å². The zero-order valence-electron chi connectivity index (χ0n) is 18.3. The molecular formula is C24H28Cl2N4O3. The molecule has 2 aliphatic rings. The molecule has 3 amide bonds. The lowest BCUT2D eigenvalue weighted by molar-refractivity contribution is 0.0858. The van der Waals surface area contributed by atoms with Crippen LogP contribution in [0, 0.1) is 0 Å². The van der Waals surface area contributed by atoms with Crippen molar-refractivity contribution in [3.05, 3.63) is 52.0 Å². The van der Waals surface area contributed by atoms with Crippen molar-refractivity contribution in [3.8, 4) is 0 Å². The molecule has 0 radical (unpaired) electrons. The number of ether oxygens (including phenoxy) is 1. The van der Waals surface area contributed by atoms with Gasteiger partial charge in [-0.05, 0) is 62.4 Å². The molecule has 0 aliphatic carbocycles. The first-order valence-corrected chi connectivity index (χ1v) is 12.1. The summed E-state index contributed by atoms with van der Waals surface area (Å²) in [6.07, 6.45) is 5.42. The molecule has 1 unspecified atom stereocenters. The molecular weight excluding hydrogens is 463 g/mol. The summed E-state index contributed by atoms with van der Waals surface area (Å²) < 4.78 is 5.63. The Hall–Kier alpha value is -2.48. The highest BCUT2D eigenvalue weighted by molar-refractivity contribution is 6.44. The summed E-state index contributed by atoms with van der Waals surface area (Å²) in [6.45, 7) is 3.04. The maximum absolute atomic E-state index is 13.1. The van der Waals surface area contributed by atoms with Crippen LogP contribution in [0.1, 0.15) is 42.5 Å². The molecule has 2 fully saturated rings. The van der Waals surface area contributed by atoms with E-state index in [1.165, 1.54) is 6.42 Å². The normalized spacial score (nSPS) is 18.1. The Bertz CT molecular complexity index is 1010. The molecule has 7 nitrogen and oxygen atoms in total. The first-order valence-electron chi connectivity index (χ1n) is 11.3. The summed E-state index contributed by atoms with van der Waals surface area (Å²) in [4.78, 5) is 27.9. The molecule has 0 aromatic heterocycles. The van der Waals surface area contributed by atoms with Crippen LogP contribution in [0.3, 0.4) is 0 Å². The van der Waals surface area contributed by atoms with Crippen LogP contribution in [0.25, 0.3) is 0 Å². The zero-order valence-corrected chi connectivity index (χ0v) is 19.8.